The molecule has 3 aromatic rings. The molecular formula is C23H21N5O3. The van der Waals surface area contributed by atoms with Gasteiger partial charge in [-0.1, -0.05) is 18.2 Å². The summed E-state index contributed by atoms with van der Waals surface area (Å²) >= 11 is 0. The zero-order valence-electron chi connectivity index (χ0n) is 17.6. The minimum atomic E-state index is -0.634. The number of nitrogens with zero attached hydrogens (tertiary/aromatic N) is 4. The molecule has 8 nitrogen and oxygen atoms in total. The quantitative estimate of drug-likeness (QED) is 0.509. The largest absolute Gasteiger partial charge is 0.497 e. The van der Waals surface area contributed by atoms with E-state index >= 15 is 0 Å². The molecule has 0 saturated carbocycles. The molecule has 0 unspecified atom stereocenters. The summed E-state index contributed by atoms with van der Waals surface area (Å²) in [6.07, 6.45) is 1.46. The van der Waals surface area contributed by atoms with E-state index in [1.807, 2.05) is 26.0 Å². The standard InChI is InChI=1S/C23H21N5O3/c1-14-8-9-18(10-15(14)2)28-23(30)20(12-24)16(3)21(27-28)22(29)26-25-13-17-6-5-7-19(11-17)31-4/h5-11,13H,1-4H3,(H,26,29)/b25-13+. The van der Waals surface area contributed by atoms with Gasteiger partial charge in [0, 0.05) is 5.56 Å². The molecule has 0 saturated heterocycles. The van der Waals surface area contributed by atoms with Gasteiger partial charge in [-0.2, -0.15) is 20.1 Å². The molecule has 1 heterocycles. The molecule has 0 radical (unpaired) electrons. The smallest absolute Gasteiger partial charge is 0.292 e. The number of nitriles is 1. The van der Waals surface area contributed by atoms with Gasteiger partial charge in [0.05, 0.1) is 19.0 Å². The first kappa shape index (κ1) is 21.5. The first-order valence-electron chi connectivity index (χ1n) is 9.44. The first-order chi connectivity index (χ1) is 14.8. The lowest BCUT2D eigenvalue weighted by Crippen LogP contribution is -2.31. The van der Waals surface area contributed by atoms with Gasteiger partial charge in [-0.15, -0.1) is 0 Å². The number of hydrazone groups is 1. The highest BCUT2D eigenvalue weighted by molar-refractivity contribution is 5.94. The van der Waals surface area contributed by atoms with Crippen LogP contribution in [0.25, 0.3) is 5.69 Å². The van der Waals surface area contributed by atoms with E-state index in [1.165, 1.54) is 13.1 Å². The van der Waals surface area contributed by atoms with Crippen LogP contribution in [-0.4, -0.2) is 29.0 Å². The van der Waals surface area contributed by atoms with Crippen molar-refractivity contribution in [1.29, 1.82) is 5.26 Å². The highest BCUT2D eigenvalue weighted by Gasteiger charge is 2.20. The normalized spacial score (nSPS) is 10.7. The van der Waals surface area contributed by atoms with Gasteiger partial charge in [0.2, 0.25) is 0 Å². The molecule has 0 aliphatic carbocycles. The fourth-order valence-electron chi connectivity index (χ4n) is 2.93. The number of amides is 1. The van der Waals surface area contributed by atoms with Gasteiger partial charge in [0.25, 0.3) is 11.5 Å². The lowest BCUT2D eigenvalue weighted by Gasteiger charge is -2.11. The Morgan fingerprint density at radius 1 is 1.19 bits per heavy atom. The number of methoxy groups -OCH3 is 1. The van der Waals surface area contributed by atoms with Crippen LogP contribution < -0.4 is 15.7 Å². The zero-order valence-corrected chi connectivity index (χ0v) is 17.6. The molecule has 0 atom stereocenters. The van der Waals surface area contributed by atoms with Crippen molar-refractivity contribution in [2.24, 2.45) is 5.10 Å². The second-order valence-corrected chi connectivity index (χ2v) is 6.92. The van der Waals surface area contributed by atoms with Gasteiger partial charge in [-0.3, -0.25) is 9.59 Å². The second kappa shape index (κ2) is 9.05. The maximum atomic E-state index is 12.8. The van der Waals surface area contributed by atoms with E-state index in [0.29, 0.717) is 11.4 Å². The summed E-state index contributed by atoms with van der Waals surface area (Å²) in [6.45, 7) is 5.37. The van der Waals surface area contributed by atoms with Crippen molar-refractivity contribution < 1.29 is 9.53 Å². The van der Waals surface area contributed by atoms with Crippen LogP contribution in [0.15, 0.2) is 52.4 Å². The minimum Gasteiger partial charge on any atom is -0.497 e. The Hall–Kier alpha value is -4.25. The fourth-order valence-corrected chi connectivity index (χ4v) is 2.93. The van der Waals surface area contributed by atoms with Crippen molar-refractivity contribution in [3.63, 3.8) is 0 Å². The SMILES string of the molecule is COc1cccc(/C=N/NC(=O)c2nn(-c3ccc(C)c(C)c3)c(=O)c(C#N)c2C)c1. The number of carbonyl (C=O) groups is 1. The molecule has 3 rings (SSSR count). The molecule has 8 heteroatoms. The number of carbonyl (C=O) groups excluding carboxylic acids is 1. The van der Waals surface area contributed by atoms with E-state index in [0.717, 1.165) is 21.4 Å². The average molecular weight is 415 g/mol. The number of nitrogens with one attached hydrogen (secondary N) is 1. The summed E-state index contributed by atoms with van der Waals surface area (Å²) in [4.78, 5) is 25.5. The third kappa shape index (κ3) is 4.51. The molecule has 1 N–H and O–H groups in total. The van der Waals surface area contributed by atoms with Crippen LogP contribution in [0.1, 0.15) is 38.3 Å². The topological polar surface area (TPSA) is 109 Å². The fraction of sp³-hybridized carbons (Fsp3) is 0.174. The molecule has 1 aromatic heterocycles. The van der Waals surface area contributed by atoms with Crippen LogP contribution in [0.2, 0.25) is 0 Å². The van der Waals surface area contributed by atoms with Gasteiger partial charge in [0.15, 0.2) is 5.69 Å². The third-order valence-corrected chi connectivity index (χ3v) is 4.87. The number of benzene rings is 2. The molecular weight excluding hydrogens is 394 g/mol. The van der Waals surface area contributed by atoms with Gasteiger partial charge in [0.1, 0.15) is 17.4 Å². The Balaban J connectivity index is 1.97. The monoisotopic (exact) mass is 415 g/mol. The Morgan fingerprint density at radius 2 is 1.97 bits per heavy atom. The average Bonchev–Trinajstić information content (AvgIpc) is 2.76. The van der Waals surface area contributed by atoms with Gasteiger partial charge in [-0.25, -0.2) is 5.43 Å². The number of hydrogen-bond donors (Lipinski definition) is 1. The van der Waals surface area contributed by atoms with Gasteiger partial charge in [-0.05, 0) is 61.7 Å². The van der Waals surface area contributed by atoms with Crippen molar-refractivity contribution in [3.8, 4) is 17.5 Å². The van der Waals surface area contributed by atoms with E-state index in [1.54, 1.807) is 43.5 Å². The maximum absolute atomic E-state index is 12.8. The summed E-state index contributed by atoms with van der Waals surface area (Å²) in [5.41, 5.74) is 5.01. The number of ether oxygens (including phenoxy) is 1. The molecule has 2 aromatic carbocycles. The lowest BCUT2D eigenvalue weighted by molar-refractivity contribution is 0.0947. The van der Waals surface area contributed by atoms with Crippen molar-refractivity contribution in [2.45, 2.75) is 20.8 Å². The van der Waals surface area contributed by atoms with Crippen LogP contribution in [0.5, 0.6) is 5.75 Å². The number of aryl methyl sites for hydroxylation is 2. The Kier molecular flexibility index (Phi) is 6.26. The number of rotatable bonds is 5. The van der Waals surface area contributed by atoms with E-state index in [4.69, 9.17) is 4.74 Å². The van der Waals surface area contributed by atoms with Crippen molar-refractivity contribution in [1.82, 2.24) is 15.2 Å². The van der Waals surface area contributed by atoms with E-state index in [2.05, 4.69) is 15.6 Å². The minimum absolute atomic E-state index is 0.0582. The van der Waals surface area contributed by atoms with Crippen molar-refractivity contribution in [3.05, 3.63) is 86.3 Å². The summed E-state index contributed by atoms with van der Waals surface area (Å²) in [7, 11) is 1.56. The highest BCUT2D eigenvalue weighted by atomic mass is 16.5. The molecule has 0 fully saturated rings. The number of aromatic nitrogens is 2. The summed E-state index contributed by atoms with van der Waals surface area (Å²) in [5.74, 6) is 0.0256. The summed E-state index contributed by atoms with van der Waals surface area (Å²) < 4.78 is 6.22. The molecule has 0 aliphatic heterocycles. The molecule has 31 heavy (non-hydrogen) atoms. The van der Waals surface area contributed by atoms with Gasteiger partial charge < -0.3 is 4.74 Å². The molecule has 156 valence electrons. The lowest BCUT2D eigenvalue weighted by atomic mass is 10.1. The molecule has 0 spiro atoms. The summed E-state index contributed by atoms with van der Waals surface area (Å²) in [6, 6.07) is 14.4. The van der Waals surface area contributed by atoms with Crippen LogP contribution in [0, 0.1) is 32.1 Å². The van der Waals surface area contributed by atoms with E-state index in [9.17, 15) is 14.9 Å². The maximum Gasteiger partial charge on any atom is 0.292 e. The Bertz CT molecular complexity index is 1290. The van der Waals surface area contributed by atoms with E-state index in [-0.39, 0.29) is 16.8 Å². The predicted molar refractivity (Wildman–Crippen MR) is 117 cm³/mol. The molecule has 0 aliphatic rings. The Labute approximate surface area is 179 Å². The van der Waals surface area contributed by atoms with Crippen LogP contribution >= 0.6 is 0 Å². The van der Waals surface area contributed by atoms with Gasteiger partial charge >= 0.3 is 0 Å². The Morgan fingerprint density at radius 3 is 2.65 bits per heavy atom. The summed E-state index contributed by atoms with van der Waals surface area (Å²) in [5, 5.41) is 17.7. The van der Waals surface area contributed by atoms with Crippen LogP contribution in [-0.2, 0) is 0 Å². The zero-order chi connectivity index (χ0) is 22.5. The second-order valence-electron chi connectivity index (χ2n) is 6.92. The van der Waals surface area contributed by atoms with Crippen LogP contribution in [0.3, 0.4) is 0 Å². The van der Waals surface area contributed by atoms with Crippen LogP contribution in [0.4, 0.5) is 0 Å². The van der Waals surface area contributed by atoms with Crippen molar-refractivity contribution >= 4 is 12.1 Å². The number of hydrogen-bond acceptors (Lipinski definition) is 6. The van der Waals surface area contributed by atoms with E-state index < -0.39 is 11.5 Å². The molecule has 1 amide bonds. The first-order valence-corrected chi connectivity index (χ1v) is 9.44. The molecule has 0 bridgehead atoms. The predicted octanol–water partition coefficient (Wildman–Crippen LogP) is 2.80. The van der Waals surface area contributed by atoms with Crippen molar-refractivity contribution in [2.75, 3.05) is 7.11 Å². The highest BCUT2D eigenvalue weighted by Crippen LogP contribution is 2.15. The third-order valence-electron chi connectivity index (χ3n) is 4.87.